The second-order valence-corrected chi connectivity index (χ2v) is 4.68. The van der Waals surface area contributed by atoms with E-state index in [1.165, 1.54) is 0 Å². The Morgan fingerprint density at radius 1 is 1.43 bits per heavy atom. The topological polar surface area (TPSA) is 75.9 Å². The van der Waals surface area contributed by atoms with Crippen molar-refractivity contribution in [2.45, 2.75) is 19.8 Å². The van der Waals surface area contributed by atoms with Crippen LogP contribution in [0.25, 0.3) is 5.65 Å². The summed E-state index contributed by atoms with van der Waals surface area (Å²) in [5, 5.41) is 11.4. The van der Waals surface area contributed by atoms with Crippen molar-refractivity contribution < 1.29 is 14.6 Å². The van der Waals surface area contributed by atoms with Crippen molar-refractivity contribution in [2.24, 2.45) is 0 Å². The molecule has 0 atom stereocenters. The number of imidazole rings is 1. The van der Waals surface area contributed by atoms with E-state index < -0.39 is 0 Å². The minimum atomic E-state index is -0.148. The first-order chi connectivity index (χ1) is 10.3. The van der Waals surface area contributed by atoms with Crippen LogP contribution in [0.2, 0.25) is 0 Å². The smallest absolute Gasteiger partial charge is 0.270 e. The Morgan fingerprint density at radius 2 is 2.29 bits per heavy atom. The monoisotopic (exact) mass is 291 g/mol. The SMILES string of the molecule is CCCc1nc2ccccn2c1C(=O)NCCOCCO. The minimum absolute atomic E-state index is 0.0120. The maximum absolute atomic E-state index is 12.4. The van der Waals surface area contributed by atoms with Gasteiger partial charge in [-0.25, -0.2) is 4.98 Å². The van der Waals surface area contributed by atoms with Crippen LogP contribution in [0.4, 0.5) is 0 Å². The number of aryl methyl sites for hydroxylation is 1. The summed E-state index contributed by atoms with van der Waals surface area (Å²) < 4.78 is 6.94. The summed E-state index contributed by atoms with van der Waals surface area (Å²) in [6.07, 6.45) is 3.55. The van der Waals surface area contributed by atoms with Crippen LogP contribution in [-0.2, 0) is 11.2 Å². The number of carbonyl (C=O) groups excluding carboxylic acids is 1. The number of nitrogens with one attached hydrogen (secondary N) is 1. The average Bonchev–Trinajstić information content (AvgIpc) is 2.85. The predicted molar refractivity (Wildman–Crippen MR) is 79.4 cm³/mol. The van der Waals surface area contributed by atoms with Gasteiger partial charge in [-0.15, -0.1) is 0 Å². The van der Waals surface area contributed by atoms with Crippen molar-refractivity contribution in [2.75, 3.05) is 26.4 Å². The molecule has 2 heterocycles. The maximum atomic E-state index is 12.4. The van der Waals surface area contributed by atoms with Gasteiger partial charge in [-0.3, -0.25) is 9.20 Å². The van der Waals surface area contributed by atoms with E-state index in [9.17, 15) is 4.79 Å². The van der Waals surface area contributed by atoms with Crippen LogP contribution in [-0.4, -0.2) is 46.8 Å². The summed E-state index contributed by atoms with van der Waals surface area (Å²) in [5.41, 5.74) is 2.19. The number of pyridine rings is 1. The van der Waals surface area contributed by atoms with E-state index >= 15 is 0 Å². The number of hydrogen-bond acceptors (Lipinski definition) is 4. The molecule has 0 radical (unpaired) electrons. The first-order valence-electron chi connectivity index (χ1n) is 7.20. The highest BCUT2D eigenvalue weighted by Crippen LogP contribution is 2.14. The molecule has 2 aromatic heterocycles. The van der Waals surface area contributed by atoms with Crippen LogP contribution in [0.15, 0.2) is 24.4 Å². The van der Waals surface area contributed by atoms with Gasteiger partial charge >= 0.3 is 0 Å². The Hall–Kier alpha value is -1.92. The highest BCUT2D eigenvalue weighted by Gasteiger charge is 2.17. The van der Waals surface area contributed by atoms with Crippen LogP contribution < -0.4 is 5.32 Å². The zero-order chi connectivity index (χ0) is 15.1. The van der Waals surface area contributed by atoms with Crippen molar-refractivity contribution in [1.29, 1.82) is 0 Å². The average molecular weight is 291 g/mol. The zero-order valence-electron chi connectivity index (χ0n) is 12.2. The maximum Gasteiger partial charge on any atom is 0.270 e. The summed E-state index contributed by atoms with van der Waals surface area (Å²) in [5.74, 6) is -0.148. The van der Waals surface area contributed by atoms with E-state index in [4.69, 9.17) is 9.84 Å². The highest BCUT2D eigenvalue weighted by atomic mass is 16.5. The molecule has 0 saturated carbocycles. The van der Waals surface area contributed by atoms with Gasteiger partial charge in [0.2, 0.25) is 0 Å². The first kappa shape index (κ1) is 15.5. The Labute approximate surface area is 123 Å². The van der Waals surface area contributed by atoms with Gasteiger partial charge in [0.25, 0.3) is 5.91 Å². The summed E-state index contributed by atoms with van der Waals surface area (Å²) in [4.78, 5) is 16.9. The fourth-order valence-corrected chi connectivity index (χ4v) is 2.18. The standard InChI is InChI=1S/C15H21N3O3/c1-2-5-12-14(15(20)16-7-10-21-11-9-19)18-8-4-3-6-13(18)17-12/h3-4,6,8,19H,2,5,7,9-11H2,1H3,(H,16,20). The number of carbonyl (C=O) groups is 1. The Bertz CT molecular complexity index is 595. The lowest BCUT2D eigenvalue weighted by Crippen LogP contribution is -2.29. The highest BCUT2D eigenvalue weighted by molar-refractivity contribution is 5.94. The van der Waals surface area contributed by atoms with Gasteiger partial charge in [0.15, 0.2) is 0 Å². The molecule has 0 unspecified atom stereocenters. The number of fused-ring (bicyclic) bond motifs is 1. The molecule has 1 amide bonds. The number of ether oxygens (including phenoxy) is 1. The quantitative estimate of drug-likeness (QED) is 0.712. The third kappa shape index (κ3) is 3.80. The van der Waals surface area contributed by atoms with Crippen LogP contribution in [0.1, 0.15) is 29.5 Å². The summed E-state index contributed by atoms with van der Waals surface area (Å²) >= 11 is 0. The molecular weight excluding hydrogens is 270 g/mol. The van der Waals surface area contributed by atoms with Gasteiger partial charge in [-0.05, 0) is 18.6 Å². The largest absolute Gasteiger partial charge is 0.394 e. The Balaban J connectivity index is 2.11. The number of aliphatic hydroxyl groups excluding tert-OH is 1. The van der Waals surface area contributed by atoms with E-state index in [0.29, 0.717) is 18.8 Å². The van der Waals surface area contributed by atoms with Crippen LogP contribution in [0.3, 0.4) is 0 Å². The minimum Gasteiger partial charge on any atom is -0.394 e. The van der Waals surface area contributed by atoms with Gasteiger partial charge in [0.1, 0.15) is 11.3 Å². The molecule has 0 aromatic carbocycles. The van der Waals surface area contributed by atoms with E-state index in [1.807, 2.05) is 28.8 Å². The molecule has 2 N–H and O–H groups in total. The third-order valence-corrected chi connectivity index (χ3v) is 3.07. The van der Waals surface area contributed by atoms with Gasteiger partial charge in [0.05, 0.1) is 25.5 Å². The van der Waals surface area contributed by atoms with E-state index in [1.54, 1.807) is 0 Å². The lowest BCUT2D eigenvalue weighted by atomic mass is 10.2. The molecule has 0 aliphatic carbocycles. The molecule has 2 aromatic rings. The number of hydrogen-bond donors (Lipinski definition) is 2. The summed E-state index contributed by atoms with van der Waals surface area (Å²) in [6.45, 7) is 3.12. The molecule has 0 saturated heterocycles. The number of aliphatic hydroxyl groups is 1. The van der Waals surface area contributed by atoms with Crippen molar-refractivity contribution in [3.05, 3.63) is 35.8 Å². The number of amides is 1. The fourth-order valence-electron chi connectivity index (χ4n) is 2.18. The second kappa shape index (κ2) is 7.75. The fraction of sp³-hybridized carbons (Fsp3) is 0.467. The first-order valence-corrected chi connectivity index (χ1v) is 7.20. The van der Waals surface area contributed by atoms with Crippen LogP contribution >= 0.6 is 0 Å². The second-order valence-electron chi connectivity index (χ2n) is 4.68. The molecular formula is C15H21N3O3. The number of rotatable bonds is 8. The van der Waals surface area contributed by atoms with Gasteiger partial charge in [0, 0.05) is 12.7 Å². The van der Waals surface area contributed by atoms with Gasteiger partial charge in [-0.1, -0.05) is 19.4 Å². The number of aromatic nitrogens is 2. The third-order valence-electron chi connectivity index (χ3n) is 3.07. The molecule has 0 aliphatic rings. The number of nitrogens with zero attached hydrogens (tertiary/aromatic N) is 2. The molecule has 0 spiro atoms. The van der Waals surface area contributed by atoms with E-state index in [0.717, 1.165) is 24.2 Å². The van der Waals surface area contributed by atoms with Crippen LogP contribution in [0.5, 0.6) is 0 Å². The van der Waals surface area contributed by atoms with Gasteiger partial charge < -0.3 is 15.2 Å². The lowest BCUT2D eigenvalue weighted by molar-refractivity contribution is 0.0834. The van der Waals surface area contributed by atoms with Crippen molar-refractivity contribution in [3.63, 3.8) is 0 Å². The van der Waals surface area contributed by atoms with E-state index in [2.05, 4.69) is 17.2 Å². The van der Waals surface area contributed by atoms with Crippen molar-refractivity contribution in [3.8, 4) is 0 Å². The Morgan fingerprint density at radius 3 is 3.05 bits per heavy atom. The lowest BCUT2D eigenvalue weighted by Gasteiger charge is -2.07. The molecule has 6 heteroatoms. The Kier molecular flexibility index (Phi) is 5.71. The van der Waals surface area contributed by atoms with Crippen molar-refractivity contribution >= 4 is 11.6 Å². The summed E-state index contributed by atoms with van der Waals surface area (Å²) in [6, 6.07) is 5.67. The zero-order valence-corrected chi connectivity index (χ0v) is 12.2. The van der Waals surface area contributed by atoms with E-state index in [-0.39, 0.29) is 19.1 Å². The van der Waals surface area contributed by atoms with Crippen molar-refractivity contribution in [1.82, 2.24) is 14.7 Å². The predicted octanol–water partition coefficient (Wildman–Crippen LogP) is 1.03. The molecule has 2 rings (SSSR count). The molecule has 0 fully saturated rings. The normalized spacial score (nSPS) is 11.0. The molecule has 21 heavy (non-hydrogen) atoms. The van der Waals surface area contributed by atoms with Gasteiger partial charge in [-0.2, -0.15) is 0 Å². The molecule has 0 bridgehead atoms. The molecule has 114 valence electrons. The molecule has 0 aliphatic heterocycles. The van der Waals surface area contributed by atoms with Crippen LogP contribution in [0, 0.1) is 0 Å². The summed E-state index contributed by atoms with van der Waals surface area (Å²) in [7, 11) is 0. The molecule has 6 nitrogen and oxygen atoms in total.